The van der Waals surface area contributed by atoms with Gasteiger partial charge in [-0.3, -0.25) is 0 Å². The van der Waals surface area contributed by atoms with Gasteiger partial charge in [0.15, 0.2) is 0 Å². The summed E-state index contributed by atoms with van der Waals surface area (Å²) in [7, 11) is -0.585. The van der Waals surface area contributed by atoms with Crippen LogP contribution in [0.5, 0.6) is 0 Å². The normalized spacial score (nSPS) is 14.2. The summed E-state index contributed by atoms with van der Waals surface area (Å²) in [6.07, 6.45) is 7.03. The second-order valence-electron chi connectivity index (χ2n) is 6.24. The zero-order valence-electron chi connectivity index (χ0n) is 11.8. The first-order valence-corrected chi connectivity index (χ1v) is 8.80. The first-order chi connectivity index (χ1) is 7.15. The molecule has 0 aliphatic carbocycles. The van der Waals surface area contributed by atoms with Crippen molar-refractivity contribution in [3.63, 3.8) is 0 Å². The van der Waals surface area contributed by atoms with Gasteiger partial charge >= 0.3 is 0 Å². The largest absolute Gasteiger partial charge is 0.223 e. The molecule has 0 heterocycles. The molecule has 0 saturated carbocycles. The molecule has 16 heavy (non-hydrogen) atoms. The highest BCUT2D eigenvalue weighted by Gasteiger charge is 2.24. The molecule has 0 atom stereocenters. The van der Waals surface area contributed by atoms with Gasteiger partial charge in [0.05, 0.1) is 0 Å². The molecule has 0 saturated heterocycles. The van der Waals surface area contributed by atoms with Gasteiger partial charge in [-0.1, -0.05) is 39.8 Å². The topological polar surface area (TPSA) is 0 Å². The summed E-state index contributed by atoms with van der Waals surface area (Å²) in [6.45, 7) is 9.25. The van der Waals surface area contributed by atoms with E-state index in [9.17, 15) is 0 Å². The molecule has 0 aliphatic heterocycles. The lowest BCUT2D eigenvalue weighted by atomic mass is 9.75. The third kappa shape index (κ3) is 2.82. The Morgan fingerprint density at radius 1 is 0.938 bits per heavy atom. The van der Waals surface area contributed by atoms with Gasteiger partial charge in [0.25, 0.3) is 0 Å². The lowest BCUT2D eigenvalue weighted by Gasteiger charge is -2.31. The molecular formula is C15H26S. The van der Waals surface area contributed by atoms with Crippen LogP contribution >= 0.6 is 10.0 Å². The van der Waals surface area contributed by atoms with E-state index in [0.717, 1.165) is 0 Å². The van der Waals surface area contributed by atoms with E-state index in [1.54, 1.807) is 0 Å². The first-order valence-electron chi connectivity index (χ1n) is 5.94. The molecule has 0 aromatic heterocycles. The zero-order valence-corrected chi connectivity index (χ0v) is 12.6. The summed E-state index contributed by atoms with van der Waals surface area (Å²) >= 11 is 0. The molecule has 0 bridgehead atoms. The lowest BCUT2D eigenvalue weighted by Crippen LogP contribution is -2.24. The summed E-state index contributed by atoms with van der Waals surface area (Å²) in [5.74, 6) is 0.667. The third-order valence-corrected chi connectivity index (χ3v) is 5.44. The molecule has 0 aliphatic rings. The Morgan fingerprint density at radius 2 is 1.38 bits per heavy atom. The van der Waals surface area contributed by atoms with Gasteiger partial charge in [-0.2, -0.15) is 0 Å². The Bertz CT molecular complexity index is 339. The molecule has 92 valence electrons. The van der Waals surface area contributed by atoms with Crippen molar-refractivity contribution in [3.05, 3.63) is 29.8 Å². The fourth-order valence-corrected chi connectivity index (χ4v) is 2.58. The molecule has 0 nitrogen and oxygen atoms in total. The van der Waals surface area contributed by atoms with E-state index in [4.69, 9.17) is 0 Å². The average Bonchev–Trinajstić information content (AvgIpc) is 2.16. The molecule has 0 amide bonds. The van der Waals surface area contributed by atoms with E-state index in [1.165, 1.54) is 10.5 Å². The SMILES string of the molecule is CC(C)C(C)(C)c1ccc(S(C)(C)C)cc1. The summed E-state index contributed by atoms with van der Waals surface area (Å²) in [4.78, 5) is 1.50. The van der Waals surface area contributed by atoms with Crippen LogP contribution in [0.25, 0.3) is 0 Å². The number of rotatable bonds is 3. The Kier molecular flexibility index (Phi) is 3.79. The third-order valence-electron chi connectivity index (χ3n) is 3.75. The molecule has 1 rings (SSSR count). The maximum absolute atomic E-state index is 2.34. The lowest BCUT2D eigenvalue weighted by molar-refractivity contribution is 0.372. The predicted molar refractivity (Wildman–Crippen MR) is 77.9 cm³/mol. The number of hydrogen-bond donors (Lipinski definition) is 0. The fraction of sp³-hybridized carbons (Fsp3) is 0.600. The van der Waals surface area contributed by atoms with Gasteiger partial charge in [0, 0.05) is 0 Å². The quantitative estimate of drug-likeness (QED) is 0.717. The Balaban J connectivity index is 3.05. The standard InChI is InChI=1S/C15H26S/c1-12(2)15(3,4)13-8-10-14(11-9-13)16(5,6)7/h8-12H,1-7H3. The highest BCUT2D eigenvalue weighted by Crippen LogP contribution is 2.45. The van der Waals surface area contributed by atoms with Crippen LogP contribution in [0.4, 0.5) is 0 Å². The van der Waals surface area contributed by atoms with Crippen LogP contribution in [-0.2, 0) is 5.41 Å². The molecule has 0 radical (unpaired) electrons. The molecular weight excluding hydrogens is 212 g/mol. The van der Waals surface area contributed by atoms with Crippen molar-refractivity contribution in [1.82, 2.24) is 0 Å². The average molecular weight is 238 g/mol. The second kappa shape index (κ2) is 4.44. The van der Waals surface area contributed by atoms with E-state index in [2.05, 4.69) is 70.7 Å². The molecule has 1 heteroatoms. The smallest absolute Gasteiger partial charge is 0.00806 e. The van der Waals surface area contributed by atoms with E-state index in [0.29, 0.717) is 5.92 Å². The van der Waals surface area contributed by atoms with Crippen LogP contribution in [0.1, 0.15) is 33.3 Å². The minimum absolute atomic E-state index is 0.270. The molecule has 0 spiro atoms. The van der Waals surface area contributed by atoms with Crippen molar-refractivity contribution in [2.24, 2.45) is 5.92 Å². The number of hydrogen-bond acceptors (Lipinski definition) is 0. The van der Waals surface area contributed by atoms with Crippen LogP contribution in [0.2, 0.25) is 0 Å². The predicted octanol–water partition coefficient (Wildman–Crippen LogP) is 4.67. The highest BCUT2D eigenvalue weighted by molar-refractivity contribution is 8.32. The zero-order chi connectivity index (χ0) is 12.6. The van der Waals surface area contributed by atoms with Gasteiger partial charge in [-0.15, -0.1) is 0 Å². The minimum Gasteiger partial charge on any atom is -0.223 e. The summed E-state index contributed by atoms with van der Waals surface area (Å²) < 4.78 is 0. The van der Waals surface area contributed by atoms with Crippen molar-refractivity contribution < 1.29 is 0 Å². The fourth-order valence-electron chi connectivity index (χ4n) is 1.63. The Labute approximate surface area is 103 Å². The first kappa shape index (κ1) is 13.6. The second-order valence-corrected chi connectivity index (χ2v) is 10.4. The van der Waals surface area contributed by atoms with Crippen LogP contribution in [-0.4, -0.2) is 18.8 Å². The van der Waals surface area contributed by atoms with Gasteiger partial charge in [0.2, 0.25) is 0 Å². The van der Waals surface area contributed by atoms with Gasteiger partial charge in [-0.05, 0) is 52.7 Å². The summed E-state index contributed by atoms with van der Waals surface area (Å²) in [5, 5.41) is 0. The van der Waals surface area contributed by atoms with Crippen LogP contribution in [0.15, 0.2) is 29.2 Å². The Morgan fingerprint density at radius 3 is 1.69 bits per heavy atom. The maximum atomic E-state index is 2.34. The minimum atomic E-state index is -0.585. The van der Waals surface area contributed by atoms with Crippen LogP contribution < -0.4 is 0 Å². The molecule has 0 unspecified atom stereocenters. The van der Waals surface area contributed by atoms with E-state index in [1.807, 2.05) is 0 Å². The molecule has 0 N–H and O–H groups in total. The van der Waals surface area contributed by atoms with Crippen molar-refractivity contribution in [2.45, 2.75) is 38.0 Å². The van der Waals surface area contributed by atoms with Crippen molar-refractivity contribution >= 4 is 10.0 Å². The van der Waals surface area contributed by atoms with Crippen LogP contribution in [0.3, 0.4) is 0 Å². The summed E-state index contributed by atoms with van der Waals surface area (Å²) in [6, 6.07) is 9.25. The molecule has 1 aromatic carbocycles. The van der Waals surface area contributed by atoms with Crippen molar-refractivity contribution in [2.75, 3.05) is 18.8 Å². The van der Waals surface area contributed by atoms with E-state index >= 15 is 0 Å². The van der Waals surface area contributed by atoms with E-state index < -0.39 is 10.0 Å². The summed E-state index contributed by atoms with van der Waals surface area (Å²) in [5.41, 5.74) is 1.72. The highest BCUT2D eigenvalue weighted by atomic mass is 32.3. The van der Waals surface area contributed by atoms with Gasteiger partial charge in [0.1, 0.15) is 0 Å². The van der Waals surface area contributed by atoms with E-state index in [-0.39, 0.29) is 5.41 Å². The molecule has 0 fully saturated rings. The van der Waals surface area contributed by atoms with Gasteiger partial charge < -0.3 is 0 Å². The molecule has 1 aromatic rings. The maximum Gasteiger partial charge on any atom is -0.00806 e. The van der Waals surface area contributed by atoms with Crippen LogP contribution in [0, 0.1) is 5.92 Å². The van der Waals surface area contributed by atoms with Crippen molar-refractivity contribution in [1.29, 1.82) is 0 Å². The number of benzene rings is 1. The van der Waals surface area contributed by atoms with Crippen molar-refractivity contribution in [3.8, 4) is 0 Å². The Hall–Kier alpha value is -0.430. The van der Waals surface area contributed by atoms with Gasteiger partial charge in [-0.25, -0.2) is 10.0 Å². The monoisotopic (exact) mass is 238 g/mol.